The second-order valence-electron chi connectivity index (χ2n) is 3.62. The molecule has 0 aliphatic rings. The maximum atomic E-state index is 11.4. The number of esters is 1. The number of para-hydroxylation sites is 1. The van der Waals surface area contributed by atoms with E-state index >= 15 is 0 Å². The molecule has 0 saturated heterocycles. The molecule has 4 nitrogen and oxygen atoms in total. The van der Waals surface area contributed by atoms with E-state index in [1.165, 1.54) is 13.0 Å². The highest BCUT2D eigenvalue weighted by molar-refractivity contribution is 6.34. The first-order chi connectivity index (χ1) is 8.06. The molecule has 1 aromatic rings. The van der Waals surface area contributed by atoms with Crippen molar-refractivity contribution in [3.63, 3.8) is 0 Å². The number of hydrogen-bond acceptors (Lipinski definition) is 4. The fourth-order valence-corrected chi connectivity index (χ4v) is 1.33. The van der Waals surface area contributed by atoms with Crippen molar-refractivity contribution in [2.75, 3.05) is 0 Å². The molecule has 0 fully saturated rings. The minimum absolute atomic E-state index is 0.134. The molecule has 1 rings (SSSR count). The molecule has 0 saturated carbocycles. The van der Waals surface area contributed by atoms with E-state index in [9.17, 15) is 14.4 Å². The molecule has 0 aliphatic carbocycles. The average molecular weight is 234 g/mol. The number of hydrogen-bond donors (Lipinski definition) is 0. The molecule has 0 heterocycles. The molecule has 17 heavy (non-hydrogen) atoms. The van der Waals surface area contributed by atoms with Crippen LogP contribution in [-0.2, 0) is 9.59 Å². The van der Waals surface area contributed by atoms with Crippen molar-refractivity contribution in [1.29, 1.82) is 0 Å². The molecular weight excluding hydrogens is 220 g/mol. The van der Waals surface area contributed by atoms with Gasteiger partial charge in [-0.1, -0.05) is 19.1 Å². The first-order valence-corrected chi connectivity index (χ1v) is 5.41. The van der Waals surface area contributed by atoms with Crippen LogP contribution in [0.25, 0.3) is 0 Å². The number of rotatable bonds is 5. The van der Waals surface area contributed by atoms with Crippen LogP contribution >= 0.6 is 0 Å². The third-order valence-corrected chi connectivity index (χ3v) is 2.17. The topological polar surface area (TPSA) is 60.4 Å². The number of carbonyl (C=O) groups excluding carboxylic acids is 3. The highest BCUT2D eigenvalue weighted by Crippen LogP contribution is 2.18. The zero-order valence-electron chi connectivity index (χ0n) is 9.86. The van der Waals surface area contributed by atoms with Gasteiger partial charge in [-0.3, -0.25) is 9.59 Å². The Morgan fingerprint density at radius 2 is 1.82 bits per heavy atom. The average Bonchev–Trinajstić information content (AvgIpc) is 2.29. The fraction of sp³-hybridized carbons (Fsp3) is 0.308. The first-order valence-electron chi connectivity index (χ1n) is 5.41. The highest BCUT2D eigenvalue weighted by atomic mass is 16.5. The Balaban J connectivity index is 2.85. The van der Waals surface area contributed by atoms with E-state index in [1.807, 2.05) is 0 Å². The van der Waals surface area contributed by atoms with Gasteiger partial charge in [0.25, 0.3) is 0 Å². The van der Waals surface area contributed by atoms with Crippen LogP contribution in [0.1, 0.15) is 37.0 Å². The molecular formula is C13H14O4. The lowest BCUT2D eigenvalue weighted by Gasteiger charge is -2.06. The lowest BCUT2D eigenvalue weighted by molar-refractivity contribution is -0.147. The molecule has 0 unspecified atom stereocenters. The minimum Gasteiger partial charge on any atom is -0.420 e. The maximum Gasteiger partial charge on any atom is 0.380 e. The molecule has 0 radical (unpaired) electrons. The van der Waals surface area contributed by atoms with Crippen molar-refractivity contribution < 1.29 is 19.1 Å². The SMILES string of the molecule is CCCC(=O)C(=O)Oc1ccccc1C(C)=O. The first kappa shape index (κ1) is 13.1. The number of ether oxygens (including phenoxy) is 1. The number of ketones is 2. The van der Waals surface area contributed by atoms with Gasteiger partial charge in [-0.2, -0.15) is 0 Å². The molecule has 0 spiro atoms. The number of carbonyl (C=O) groups is 3. The summed E-state index contributed by atoms with van der Waals surface area (Å²) < 4.78 is 4.91. The summed E-state index contributed by atoms with van der Waals surface area (Å²) in [6.07, 6.45) is 0.739. The zero-order valence-corrected chi connectivity index (χ0v) is 9.86. The van der Waals surface area contributed by atoms with Crippen molar-refractivity contribution in [1.82, 2.24) is 0 Å². The Kier molecular flexibility index (Phi) is 4.57. The van der Waals surface area contributed by atoms with Crippen LogP contribution in [-0.4, -0.2) is 17.5 Å². The number of Topliss-reactive ketones (excluding diaryl/α,β-unsaturated/α-hetero) is 2. The van der Waals surface area contributed by atoms with Gasteiger partial charge in [0.2, 0.25) is 5.78 Å². The molecule has 90 valence electrons. The van der Waals surface area contributed by atoms with Crippen LogP contribution in [0.2, 0.25) is 0 Å². The summed E-state index contributed by atoms with van der Waals surface area (Å²) in [4.78, 5) is 33.9. The Hall–Kier alpha value is -1.97. The highest BCUT2D eigenvalue weighted by Gasteiger charge is 2.17. The Bertz CT molecular complexity index is 448. The summed E-state index contributed by atoms with van der Waals surface area (Å²) in [6, 6.07) is 6.35. The maximum absolute atomic E-state index is 11.4. The monoisotopic (exact) mass is 234 g/mol. The third-order valence-electron chi connectivity index (χ3n) is 2.17. The summed E-state index contributed by atoms with van der Waals surface area (Å²) in [5.74, 6) is -1.57. The van der Waals surface area contributed by atoms with Gasteiger partial charge < -0.3 is 4.74 Å². The molecule has 0 aliphatic heterocycles. The predicted molar refractivity (Wildman–Crippen MR) is 62.0 cm³/mol. The largest absolute Gasteiger partial charge is 0.420 e. The summed E-state index contributed by atoms with van der Waals surface area (Å²) >= 11 is 0. The smallest absolute Gasteiger partial charge is 0.380 e. The van der Waals surface area contributed by atoms with Gasteiger partial charge in [-0.25, -0.2) is 4.79 Å². The zero-order chi connectivity index (χ0) is 12.8. The van der Waals surface area contributed by atoms with E-state index in [0.29, 0.717) is 12.0 Å². The van der Waals surface area contributed by atoms with Crippen LogP contribution in [0.4, 0.5) is 0 Å². The lowest BCUT2D eigenvalue weighted by Crippen LogP contribution is -2.20. The van der Waals surface area contributed by atoms with Gasteiger partial charge >= 0.3 is 5.97 Å². The minimum atomic E-state index is -0.916. The second-order valence-corrected chi connectivity index (χ2v) is 3.62. The van der Waals surface area contributed by atoms with E-state index in [-0.39, 0.29) is 18.0 Å². The molecule has 0 N–H and O–H groups in total. The van der Waals surface area contributed by atoms with Gasteiger partial charge in [-0.15, -0.1) is 0 Å². The van der Waals surface area contributed by atoms with Crippen molar-refractivity contribution in [2.24, 2.45) is 0 Å². The van der Waals surface area contributed by atoms with Crippen LogP contribution in [0.15, 0.2) is 24.3 Å². The van der Waals surface area contributed by atoms with Crippen molar-refractivity contribution in [3.05, 3.63) is 29.8 Å². The van der Waals surface area contributed by atoms with Gasteiger partial charge in [0.05, 0.1) is 5.56 Å². The van der Waals surface area contributed by atoms with Crippen LogP contribution in [0.5, 0.6) is 5.75 Å². The molecule has 0 atom stereocenters. The van der Waals surface area contributed by atoms with Crippen LogP contribution < -0.4 is 4.74 Å². The van der Waals surface area contributed by atoms with E-state index in [1.54, 1.807) is 25.1 Å². The molecule has 0 bridgehead atoms. The third kappa shape index (κ3) is 3.52. The summed E-state index contributed by atoms with van der Waals surface area (Å²) in [6.45, 7) is 3.18. The Morgan fingerprint density at radius 1 is 1.18 bits per heavy atom. The Labute approximate surface area is 99.6 Å². The van der Waals surface area contributed by atoms with Gasteiger partial charge in [0, 0.05) is 6.42 Å². The number of benzene rings is 1. The standard InChI is InChI=1S/C13H14O4/c1-3-6-11(15)13(16)17-12-8-5-4-7-10(12)9(2)14/h4-5,7-8H,3,6H2,1-2H3. The summed E-state index contributed by atoms with van der Waals surface area (Å²) in [7, 11) is 0. The normalized spacial score (nSPS) is 9.76. The van der Waals surface area contributed by atoms with Gasteiger partial charge in [0.15, 0.2) is 5.78 Å². The van der Waals surface area contributed by atoms with Crippen molar-refractivity contribution in [3.8, 4) is 5.75 Å². The van der Waals surface area contributed by atoms with Crippen molar-refractivity contribution >= 4 is 17.5 Å². The predicted octanol–water partition coefficient (Wildman–Crippen LogP) is 2.16. The fourth-order valence-electron chi connectivity index (χ4n) is 1.33. The lowest BCUT2D eigenvalue weighted by atomic mass is 10.1. The van der Waals surface area contributed by atoms with Crippen molar-refractivity contribution in [2.45, 2.75) is 26.7 Å². The molecule has 4 heteroatoms. The molecule has 1 aromatic carbocycles. The molecule has 0 aromatic heterocycles. The van der Waals surface area contributed by atoms with E-state index in [4.69, 9.17) is 4.74 Å². The van der Waals surface area contributed by atoms with E-state index in [0.717, 1.165) is 0 Å². The quantitative estimate of drug-likeness (QED) is 0.339. The van der Waals surface area contributed by atoms with Crippen LogP contribution in [0, 0.1) is 0 Å². The second kappa shape index (κ2) is 5.94. The van der Waals surface area contributed by atoms with Gasteiger partial charge in [0.1, 0.15) is 5.75 Å². The Morgan fingerprint density at radius 3 is 2.41 bits per heavy atom. The van der Waals surface area contributed by atoms with Gasteiger partial charge in [-0.05, 0) is 25.5 Å². The summed E-state index contributed by atoms with van der Waals surface area (Å²) in [5.41, 5.74) is 0.296. The van der Waals surface area contributed by atoms with E-state index < -0.39 is 11.8 Å². The van der Waals surface area contributed by atoms with Crippen LogP contribution in [0.3, 0.4) is 0 Å². The summed E-state index contributed by atoms with van der Waals surface area (Å²) in [5, 5.41) is 0. The van der Waals surface area contributed by atoms with E-state index in [2.05, 4.69) is 0 Å². The molecule has 0 amide bonds.